The molecule has 2 rings (SSSR count). The molecule has 0 amide bonds. The minimum atomic E-state index is 0.287. The summed E-state index contributed by atoms with van der Waals surface area (Å²) in [4.78, 5) is 4.56. The van der Waals surface area contributed by atoms with E-state index >= 15 is 0 Å². The van der Waals surface area contributed by atoms with Crippen LogP contribution < -0.4 is 5.32 Å². The Balaban J connectivity index is 1.65. The number of ether oxygens (including phenoxy) is 2. The van der Waals surface area contributed by atoms with Crippen LogP contribution in [-0.4, -0.2) is 30.3 Å². The average Bonchev–Trinajstić information content (AvgIpc) is 2.86. The smallest absolute Gasteiger partial charge is 0.107 e. The van der Waals surface area contributed by atoms with E-state index in [1.807, 2.05) is 0 Å². The van der Waals surface area contributed by atoms with E-state index in [-0.39, 0.29) is 6.10 Å². The Kier molecular flexibility index (Phi) is 6.23. The molecule has 0 aromatic carbocycles. The summed E-state index contributed by atoms with van der Waals surface area (Å²) in [6.45, 7) is 7.29. The van der Waals surface area contributed by atoms with Gasteiger partial charge in [-0.15, -0.1) is 11.3 Å². The quantitative estimate of drug-likeness (QED) is 0.836. The van der Waals surface area contributed by atoms with Gasteiger partial charge in [-0.25, -0.2) is 4.98 Å². The highest BCUT2D eigenvalue weighted by atomic mass is 32.1. The third-order valence-electron chi connectivity index (χ3n) is 3.09. The van der Waals surface area contributed by atoms with Gasteiger partial charge < -0.3 is 14.8 Å². The molecular formula is C14H24N2O2S. The van der Waals surface area contributed by atoms with E-state index < -0.39 is 0 Å². The molecule has 1 fully saturated rings. The van der Waals surface area contributed by atoms with Crippen LogP contribution in [0.1, 0.15) is 43.8 Å². The number of rotatable bonds is 7. The number of aromatic nitrogens is 1. The first-order valence-corrected chi connectivity index (χ1v) is 7.98. The predicted octanol–water partition coefficient (Wildman–Crippen LogP) is 2.73. The van der Waals surface area contributed by atoms with Gasteiger partial charge in [0, 0.05) is 24.6 Å². The number of hydrogen-bond acceptors (Lipinski definition) is 5. The molecule has 0 bridgehead atoms. The van der Waals surface area contributed by atoms with Crippen molar-refractivity contribution in [1.29, 1.82) is 0 Å². The highest BCUT2D eigenvalue weighted by molar-refractivity contribution is 7.09. The standard InChI is InChI=1S/C14H24N2O2S/c1-11(2)15-7-14-16-12(10-19-14)8-17-9-13-5-3-4-6-18-13/h10-11,13,15H,3-9H2,1-2H3. The number of nitrogens with one attached hydrogen (secondary N) is 1. The van der Waals surface area contributed by atoms with Crippen molar-refractivity contribution in [2.24, 2.45) is 0 Å². The Morgan fingerprint density at radius 3 is 3.16 bits per heavy atom. The van der Waals surface area contributed by atoms with Crippen molar-refractivity contribution in [1.82, 2.24) is 10.3 Å². The molecule has 0 radical (unpaired) electrons. The van der Waals surface area contributed by atoms with Crippen molar-refractivity contribution in [2.45, 2.75) is 58.4 Å². The number of thiazole rings is 1. The molecule has 1 saturated heterocycles. The summed E-state index contributed by atoms with van der Waals surface area (Å²) in [5.41, 5.74) is 1.03. The normalized spacial score (nSPS) is 20.1. The number of hydrogen-bond donors (Lipinski definition) is 1. The van der Waals surface area contributed by atoms with E-state index in [2.05, 4.69) is 29.5 Å². The van der Waals surface area contributed by atoms with Crippen molar-refractivity contribution < 1.29 is 9.47 Å². The van der Waals surface area contributed by atoms with Crippen LogP contribution in [0.3, 0.4) is 0 Å². The largest absolute Gasteiger partial charge is 0.376 e. The fourth-order valence-electron chi connectivity index (χ4n) is 2.02. The molecule has 1 atom stereocenters. The lowest BCUT2D eigenvalue weighted by molar-refractivity contribution is -0.0452. The molecular weight excluding hydrogens is 260 g/mol. The summed E-state index contributed by atoms with van der Waals surface area (Å²) in [7, 11) is 0. The van der Waals surface area contributed by atoms with Gasteiger partial charge in [-0.3, -0.25) is 0 Å². The molecule has 0 aliphatic carbocycles. The topological polar surface area (TPSA) is 43.4 Å². The molecule has 5 heteroatoms. The van der Waals surface area contributed by atoms with Crippen LogP contribution >= 0.6 is 11.3 Å². The van der Waals surface area contributed by atoms with Crippen molar-refractivity contribution in [3.05, 3.63) is 16.1 Å². The van der Waals surface area contributed by atoms with Gasteiger partial charge in [-0.05, 0) is 19.3 Å². The minimum Gasteiger partial charge on any atom is -0.376 e. The highest BCUT2D eigenvalue weighted by Gasteiger charge is 2.14. The maximum absolute atomic E-state index is 5.70. The monoisotopic (exact) mass is 284 g/mol. The molecule has 1 unspecified atom stereocenters. The fraction of sp³-hybridized carbons (Fsp3) is 0.786. The van der Waals surface area contributed by atoms with Gasteiger partial charge >= 0.3 is 0 Å². The summed E-state index contributed by atoms with van der Waals surface area (Å²) in [6, 6.07) is 0.493. The van der Waals surface area contributed by atoms with Gasteiger partial charge in [0.05, 0.1) is 25.0 Å². The van der Waals surface area contributed by atoms with E-state index in [1.165, 1.54) is 12.8 Å². The molecule has 0 spiro atoms. The second kappa shape index (κ2) is 7.94. The zero-order chi connectivity index (χ0) is 13.5. The SMILES string of the molecule is CC(C)NCc1nc(COCC2CCCCO2)cs1. The molecule has 2 heterocycles. The van der Waals surface area contributed by atoms with Crippen LogP contribution in [0, 0.1) is 0 Å². The first-order valence-electron chi connectivity index (χ1n) is 7.10. The lowest BCUT2D eigenvalue weighted by atomic mass is 10.1. The maximum atomic E-state index is 5.70. The zero-order valence-corrected chi connectivity index (χ0v) is 12.7. The summed E-state index contributed by atoms with van der Waals surface area (Å²) in [6.07, 6.45) is 3.86. The van der Waals surface area contributed by atoms with E-state index in [0.29, 0.717) is 19.3 Å². The van der Waals surface area contributed by atoms with Crippen LogP contribution in [0.15, 0.2) is 5.38 Å². The van der Waals surface area contributed by atoms with Crippen LogP contribution in [0.25, 0.3) is 0 Å². The van der Waals surface area contributed by atoms with Gasteiger partial charge in [0.1, 0.15) is 5.01 Å². The molecule has 108 valence electrons. The van der Waals surface area contributed by atoms with Crippen molar-refractivity contribution in [3.63, 3.8) is 0 Å². The molecule has 1 N–H and O–H groups in total. The molecule has 1 aliphatic heterocycles. The predicted molar refractivity (Wildman–Crippen MR) is 77.3 cm³/mol. The van der Waals surface area contributed by atoms with E-state index in [4.69, 9.17) is 9.47 Å². The van der Waals surface area contributed by atoms with Gasteiger partial charge in [0.2, 0.25) is 0 Å². The average molecular weight is 284 g/mol. The lowest BCUT2D eigenvalue weighted by Crippen LogP contribution is -2.24. The van der Waals surface area contributed by atoms with Gasteiger partial charge in [0.15, 0.2) is 0 Å². The third-order valence-corrected chi connectivity index (χ3v) is 3.99. The Morgan fingerprint density at radius 2 is 2.42 bits per heavy atom. The highest BCUT2D eigenvalue weighted by Crippen LogP contribution is 2.14. The van der Waals surface area contributed by atoms with E-state index in [9.17, 15) is 0 Å². The fourth-order valence-corrected chi connectivity index (χ4v) is 2.75. The summed E-state index contributed by atoms with van der Waals surface area (Å²) < 4.78 is 11.3. The summed E-state index contributed by atoms with van der Waals surface area (Å²) >= 11 is 1.69. The Labute approximate surface area is 119 Å². The molecule has 1 aromatic rings. The van der Waals surface area contributed by atoms with Gasteiger partial charge in [0.25, 0.3) is 0 Å². The summed E-state index contributed by atoms with van der Waals surface area (Å²) in [5.74, 6) is 0. The minimum absolute atomic E-state index is 0.287. The Bertz CT molecular complexity index is 362. The molecule has 19 heavy (non-hydrogen) atoms. The van der Waals surface area contributed by atoms with Crippen molar-refractivity contribution >= 4 is 11.3 Å². The molecule has 1 aliphatic rings. The van der Waals surface area contributed by atoms with E-state index in [1.54, 1.807) is 11.3 Å². The summed E-state index contributed by atoms with van der Waals surface area (Å²) in [5, 5.41) is 6.58. The second-order valence-corrected chi connectivity index (χ2v) is 6.21. The van der Waals surface area contributed by atoms with Crippen molar-refractivity contribution in [2.75, 3.05) is 13.2 Å². The van der Waals surface area contributed by atoms with E-state index in [0.717, 1.165) is 30.3 Å². The van der Waals surface area contributed by atoms with Crippen molar-refractivity contribution in [3.8, 4) is 0 Å². The first-order chi connectivity index (χ1) is 9.24. The van der Waals surface area contributed by atoms with Crippen LogP contribution in [-0.2, 0) is 22.6 Å². The molecule has 0 saturated carbocycles. The van der Waals surface area contributed by atoms with Gasteiger partial charge in [-0.1, -0.05) is 13.8 Å². The third kappa shape index (κ3) is 5.57. The van der Waals surface area contributed by atoms with Crippen LogP contribution in [0.5, 0.6) is 0 Å². The molecule has 4 nitrogen and oxygen atoms in total. The van der Waals surface area contributed by atoms with Crippen LogP contribution in [0.4, 0.5) is 0 Å². The Hall–Kier alpha value is -0.490. The zero-order valence-electron chi connectivity index (χ0n) is 11.9. The van der Waals surface area contributed by atoms with Crippen LogP contribution in [0.2, 0.25) is 0 Å². The maximum Gasteiger partial charge on any atom is 0.107 e. The second-order valence-electron chi connectivity index (χ2n) is 5.27. The Morgan fingerprint density at radius 1 is 1.53 bits per heavy atom. The molecule has 1 aromatic heterocycles. The van der Waals surface area contributed by atoms with Gasteiger partial charge in [-0.2, -0.15) is 0 Å². The number of nitrogens with zero attached hydrogens (tertiary/aromatic N) is 1. The lowest BCUT2D eigenvalue weighted by Gasteiger charge is -2.22. The first kappa shape index (κ1) is 14.9.